The van der Waals surface area contributed by atoms with Crippen LogP contribution in [0.2, 0.25) is 0 Å². The van der Waals surface area contributed by atoms with Gasteiger partial charge in [0, 0.05) is 17.3 Å². The zero-order valence-electron chi connectivity index (χ0n) is 11.4. The molecule has 19 heavy (non-hydrogen) atoms. The lowest BCUT2D eigenvalue weighted by Gasteiger charge is -2.10. The van der Waals surface area contributed by atoms with Gasteiger partial charge in [-0.05, 0) is 24.6 Å². The average molecular weight is 324 g/mol. The highest BCUT2D eigenvalue weighted by Crippen LogP contribution is 2.26. The Balaban J connectivity index is 2.47. The van der Waals surface area contributed by atoms with Crippen LogP contribution in [-0.4, -0.2) is 19.9 Å². The minimum atomic E-state index is -0.490. The van der Waals surface area contributed by atoms with E-state index in [0.29, 0.717) is 0 Å². The van der Waals surface area contributed by atoms with Crippen LogP contribution in [0.1, 0.15) is 44.1 Å². The fraction of sp³-hybridized carbons (Fsp3) is 0.429. The van der Waals surface area contributed by atoms with E-state index in [0.717, 1.165) is 40.2 Å². The molecule has 2 rings (SSSR count). The SMILES string of the molecule is CCc1nc(CC)n(-c2ccc([C@H](C)O)c(Br)c2)n1. The number of benzene rings is 1. The van der Waals surface area contributed by atoms with Gasteiger partial charge >= 0.3 is 0 Å². The van der Waals surface area contributed by atoms with Crippen molar-refractivity contribution in [2.24, 2.45) is 0 Å². The molecule has 0 bridgehead atoms. The van der Waals surface area contributed by atoms with Gasteiger partial charge in [0.1, 0.15) is 5.82 Å². The number of nitrogens with zero attached hydrogens (tertiary/aromatic N) is 3. The van der Waals surface area contributed by atoms with Gasteiger partial charge in [-0.15, -0.1) is 0 Å². The van der Waals surface area contributed by atoms with Crippen molar-refractivity contribution in [2.75, 3.05) is 0 Å². The fourth-order valence-corrected chi connectivity index (χ4v) is 2.66. The minimum absolute atomic E-state index is 0.490. The second-order valence-corrected chi connectivity index (χ2v) is 5.30. The normalized spacial score (nSPS) is 12.7. The summed E-state index contributed by atoms with van der Waals surface area (Å²) in [5.41, 5.74) is 1.83. The first kappa shape index (κ1) is 14.2. The second kappa shape index (κ2) is 5.84. The van der Waals surface area contributed by atoms with E-state index in [1.807, 2.05) is 29.8 Å². The number of aliphatic hydroxyl groups excluding tert-OH is 1. The Morgan fingerprint density at radius 2 is 2.05 bits per heavy atom. The van der Waals surface area contributed by atoms with Crippen LogP contribution >= 0.6 is 15.9 Å². The molecule has 5 heteroatoms. The molecule has 0 aliphatic carbocycles. The van der Waals surface area contributed by atoms with Crippen molar-refractivity contribution in [3.63, 3.8) is 0 Å². The van der Waals surface area contributed by atoms with Crippen molar-refractivity contribution in [1.82, 2.24) is 14.8 Å². The van der Waals surface area contributed by atoms with Crippen molar-refractivity contribution < 1.29 is 5.11 Å². The third-order valence-corrected chi connectivity index (χ3v) is 3.72. The molecule has 1 aromatic heterocycles. The highest BCUT2D eigenvalue weighted by atomic mass is 79.9. The maximum atomic E-state index is 9.64. The Hall–Kier alpha value is -1.20. The molecule has 1 atom stereocenters. The molecule has 0 unspecified atom stereocenters. The number of hydrogen-bond acceptors (Lipinski definition) is 3. The van der Waals surface area contributed by atoms with Crippen LogP contribution in [0.5, 0.6) is 0 Å². The van der Waals surface area contributed by atoms with Crippen molar-refractivity contribution >= 4 is 15.9 Å². The van der Waals surface area contributed by atoms with Crippen molar-refractivity contribution in [2.45, 2.75) is 39.7 Å². The summed E-state index contributed by atoms with van der Waals surface area (Å²) in [5.74, 6) is 1.81. The van der Waals surface area contributed by atoms with Crippen molar-refractivity contribution in [3.05, 3.63) is 39.9 Å². The molecule has 0 spiro atoms. The maximum Gasteiger partial charge on any atom is 0.151 e. The van der Waals surface area contributed by atoms with Crippen molar-refractivity contribution in [3.8, 4) is 5.69 Å². The van der Waals surface area contributed by atoms with E-state index >= 15 is 0 Å². The summed E-state index contributed by atoms with van der Waals surface area (Å²) in [4.78, 5) is 4.50. The minimum Gasteiger partial charge on any atom is -0.389 e. The first-order valence-corrected chi connectivity index (χ1v) is 7.28. The molecule has 2 aromatic rings. The Bertz CT molecular complexity index is 578. The molecule has 0 aliphatic rings. The monoisotopic (exact) mass is 323 g/mol. The van der Waals surface area contributed by atoms with E-state index in [4.69, 9.17) is 0 Å². The molecule has 4 nitrogen and oxygen atoms in total. The zero-order chi connectivity index (χ0) is 14.0. The predicted molar refractivity (Wildman–Crippen MR) is 78.4 cm³/mol. The summed E-state index contributed by atoms with van der Waals surface area (Å²) in [5, 5.41) is 14.2. The molecule has 1 aromatic carbocycles. The Kier molecular flexibility index (Phi) is 4.37. The van der Waals surface area contributed by atoms with Gasteiger partial charge in [0.05, 0.1) is 11.8 Å². The summed E-state index contributed by atoms with van der Waals surface area (Å²) in [6.45, 7) is 5.87. The molecule has 0 saturated heterocycles. The van der Waals surface area contributed by atoms with Crippen LogP contribution in [-0.2, 0) is 12.8 Å². The summed E-state index contributed by atoms with van der Waals surface area (Å²) >= 11 is 3.49. The van der Waals surface area contributed by atoms with Crippen LogP contribution in [0.25, 0.3) is 5.69 Å². The van der Waals surface area contributed by atoms with Gasteiger partial charge in [0.2, 0.25) is 0 Å². The summed E-state index contributed by atoms with van der Waals surface area (Å²) in [6.07, 6.45) is 1.17. The van der Waals surface area contributed by atoms with Gasteiger partial charge in [-0.3, -0.25) is 0 Å². The maximum absolute atomic E-state index is 9.64. The van der Waals surface area contributed by atoms with Crippen molar-refractivity contribution in [1.29, 1.82) is 0 Å². The third kappa shape index (κ3) is 2.87. The van der Waals surface area contributed by atoms with Crippen LogP contribution in [0, 0.1) is 0 Å². The summed E-state index contributed by atoms with van der Waals surface area (Å²) < 4.78 is 2.76. The standard InChI is InChI=1S/C14H18BrN3O/c1-4-13-16-14(5-2)18(17-13)10-6-7-11(9(3)19)12(15)8-10/h6-9,19H,4-5H2,1-3H3/t9-/m0/s1. The molecule has 0 amide bonds. The first-order chi connectivity index (χ1) is 9.06. The molecular formula is C14H18BrN3O. The number of aryl methyl sites for hydroxylation is 2. The van der Waals surface area contributed by atoms with E-state index in [1.165, 1.54) is 0 Å². The van der Waals surface area contributed by atoms with Gasteiger partial charge in [0.25, 0.3) is 0 Å². The summed E-state index contributed by atoms with van der Waals surface area (Å²) in [6, 6.07) is 5.84. The van der Waals surface area contributed by atoms with E-state index in [1.54, 1.807) is 6.92 Å². The van der Waals surface area contributed by atoms with Crippen LogP contribution in [0.15, 0.2) is 22.7 Å². The molecule has 0 saturated carbocycles. The molecule has 1 N–H and O–H groups in total. The topological polar surface area (TPSA) is 50.9 Å². The molecular weight excluding hydrogens is 306 g/mol. The van der Waals surface area contributed by atoms with E-state index in [-0.39, 0.29) is 0 Å². The van der Waals surface area contributed by atoms with E-state index < -0.39 is 6.10 Å². The van der Waals surface area contributed by atoms with Gasteiger partial charge < -0.3 is 5.11 Å². The highest BCUT2D eigenvalue weighted by Gasteiger charge is 2.12. The molecule has 1 heterocycles. The van der Waals surface area contributed by atoms with E-state index in [9.17, 15) is 5.11 Å². The fourth-order valence-electron chi connectivity index (χ4n) is 1.96. The predicted octanol–water partition coefficient (Wildman–Crippen LogP) is 3.21. The first-order valence-electron chi connectivity index (χ1n) is 6.49. The average Bonchev–Trinajstić information content (AvgIpc) is 2.81. The van der Waals surface area contributed by atoms with Crippen LogP contribution in [0.4, 0.5) is 0 Å². The van der Waals surface area contributed by atoms with Gasteiger partial charge in [-0.1, -0.05) is 35.8 Å². The second-order valence-electron chi connectivity index (χ2n) is 4.44. The Morgan fingerprint density at radius 3 is 2.58 bits per heavy atom. The number of hydrogen-bond donors (Lipinski definition) is 1. The number of aliphatic hydroxyl groups is 1. The molecule has 0 aliphatic heterocycles. The lowest BCUT2D eigenvalue weighted by molar-refractivity contribution is 0.198. The van der Waals surface area contributed by atoms with Crippen LogP contribution in [0.3, 0.4) is 0 Å². The number of halogens is 1. The zero-order valence-corrected chi connectivity index (χ0v) is 13.0. The number of aromatic nitrogens is 3. The smallest absolute Gasteiger partial charge is 0.151 e. The Morgan fingerprint density at radius 1 is 1.32 bits per heavy atom. The third-order valence-electron chi connectivity index (χ3n) is 3.03. The Labute approximate surface area is 121 Å². The van der Waals surface area contributed by atoms with Gasteiger partial charge in [-0.2, -0.15) is 5.10 Å². The number of rotatable bonds is 4. The lowest BCUT2D eigenvalue weighted by atomic mass is 10.1. The van der Waals surface area contributed by atoms with Gasteiger partial charge in [-0.25, -0.2) is 9.67 Å². The largest absolute Gasteiger partial charge is 0.389 e. The summed E-state index contributed by atoms with van der Waals surface area (Å²) in [7, 11) is 0. The van der Waals surface area contributed by atoms with E-state index in [2.05, 4.69) is 32.9 Å². The van der Waals surface area contributed by atoms with Crippen LogP contribution < -0.4 is 0 Å². The highest BCUT2D eigenvalue weighted by molar-refractivity contribution is 9.10. The molecule has 102 valence electrons. The molecule has 0 fully saturated rings. The molecule has 0 radical (unpaired) electrons. The van der Waals surface area contributed by atoms with Gasteiger partial charge in [0.15, 0.2) is 5.82 Å². The quantitative estimate of drug-likeness (QED) is 0.939. The lowest BCUT2D eigenvalue weighted by Crippen LogP contribution is -2.03.